The molecule has 1 amide bonds. The van der Waals surface area contributed by atoms with Crippen molar-refractivity contribution < 1.29 is 24.2 Å². The number of amides is 1. The highest BCUT2D eigenvalue weighted by atomic mass is 35.5. The van der Waals surface area contributed by atoms with Crippen molar-refractivity contribution in [3.63, 3.8) is 0 Å². The quantitative estimate of drug-likeness (QED) is 0.572. The molecule has 0 fully saturated rings. The molecule has 0 aliphatic carbocycles. The standard InChI is InChI=1S/C24H25ClN2O5/c1-13(2)22-23(28)27(21(24(29)30)18-10-15(25)4-7-20(18)32-22)9-8-14-12-26-19-6-5-16(31-3)11-17(14)19/h4-7,10-13,21-22,26H,8-9H2,1-3H3,(H,29,30). The number of fused-ring (bicyclic) bond motifs is 2. The minimum Gasteiger partial charge on any atom is -0.497 e. The second-order valence-corrected chi connectivity index (χ2v) is 8.65. The first-order valence-corrected chi connectivity index (χ1v) is 10.8. The maximum atomic E-state index is 13.5. The van der Waals surface area contributed by atoms with Gasteiger partial charge in [-0.15, -0.1) is 0 Å². The largest absolute Gasteiger partial charge is 0.497 e. The second-order valence-electron chi connectivity index (χ2n) is 8.21. The number of nitrogens with zero attached hydrogens (tertiary/aromatic N) is 1. The van der Waals surface area contributed by atoms with Crippen molar-refractivity contribution in [3.8, 4) is 11.5 Å². The van der Waals surface area contributed by atoms with Crippen LogP contribution in [0.5, 0.6) is 11.5 Å². The Bertz CT molecular complexity index is 1170. The number of hydrogen-bond acceptors (Lipinski definition) is 4. The molecule has 3 aromatic rings. The van der Waals surface area contributed by atoms with E-state index < -0.39 is 18.1 Å². The highest BCUT2D eigenvalue weighted by molar-refractivity contribution is 6.30. The smallest absolute Gasteiger partial charge is 0.331 e. The second kappa shape index (κ2) is 8.74. The summed E-state index contributed by atoms with van der Waals surface area (Å²) in [5.41, 5.74) is 2.29. The van der Waals surface area contributed by atoms with E-state index in [2.05, 4.69) is 4.98 Å². The normalized spacial score (nSPS) is 18.4. The van der Waals surface area contributed by atoms with Gasteiger partial charge in [-0.05, 0) is 54.3 Å². The molecule has 1 aromatic heterocycles. The number of carboxylic acid groups (broad SMARTS) is 1. The fraction of sp³-hybridized carbons (Fsp3) is 0.333. The Labute approximate surface area is 190 Å². The van der Waals surface area contributed by atoms with Crippen molar-refractivity contribution in [1.82, 2.24) is 9.88 Å². The van der Waals surface area contributed by atoms with Crippen LogP contribution in [0.25, 0.3) is 10.9 Å². The van der Waals surface area contributed by atoms with Crippen molar-refractivity contribution in [1.29, 1.82) is 0 Å². The first kappa shape index (κ1) is 22.0. The van der Waals surface area contributed by atoms with Gasteiger partial charge in [0, 0.05) is 34.2 Å². The van der Waals surface area contributed by atoms with Gasteiger partial charge >= 0.3 is 5.97 Å². The zero-order valence-corrected chi connectivity index (χ0v) is 18.8. The van der Waals surface area contributed by atoms with Crippen molar-refractivity contribution in [2.24, 2.45) is 5.92 Å². The molecule has 0 saturated carbocycles. The number of H-pyrrole nitrogens is 1. The van der Waals surface area contributed by atoms with Crippen LogP contribution in [0.2, 0.25) is 5.02 Å². The molecule has 0 saturated heterocycles. The van der Waals surface area contributed by atoms with Gasteiger partial charge in [0.25, 0.3) is 5.91 Å². The van der Waals surface area contributed by atoms with Crippen LogP contribution >= 0.6 is 11.6 Å². The molecule has 32 heavy (non-hydrogen) atoms. The Kier molecular flexibility index (Phi) is 6.02. The van der Waals surface area contributed by atoms with Crippen LogP contribution in [0.3, 0.4) is 0 Å². The molecule has 2 N–H and O–H groups in total. The fourth-order valence-corrected chi connectivity index (χ4v) is 4.33. The number of aliphatic carboxylic acids is 1. The summed E-state index contributed by atoms with van der Waals surface area (Å²) in [6.45, 7) is 3.96. The lowest BCUT2D eigenvalue weighted by Crippen LogP contribution is -2.46. The van der Waals surface area contributed by atoms with Crippen LogP contribution in [0, 0.1) is 5.92 Å². The van der Waals surface area contributed by atoms with Crippen LogP contribution in [0.1, 0.15) is 31.0 Å². The Morgan fingerprint density at radius 2 is 2.06 bits per heavy atom. The van der Waals surface area contributed by atoms with Gasteiger partial charge in [-0.2, -0.15) is 0 Å². The SMILES string of the molecule is COc1ccc2[nH]cc(CCN3C(=O)C(C(C)C)Oc4ccc(Cl)cc4C3C(=O)O)c2c1. The molecule has 7 nitrogen and oxygen atoms in total. The first-order chi connectivity index (χ1) is 15.3. The molecule has 2 atom stereocenters. The molecule has 2 unspecified atom stereocenters. The van der Waals surface area contributed by atoms with Crippen molar-refractivity contribution >= 4 is 34.4 Å². The zero-order valence-electron chi connectivity index (χ0n) is 18.1. The molecule has 168 valence electrons. The molecule has 2 aromatic carbocycles. The van der Waals surface area contributed by atoms with Gasteiger partial charge < -0.3 is 24.5 Å². The van der Waals surface area contributed by atoms with E-state index >= 15 is 0 Å². The molecular formula is C24H25ClN2O5. The summed E-state index contributed by atoms with van der Waals surface area (Å²) in [6, 6.07) is 9.36. The Morgan fingerprint density at radius 3 is 2.75 bits per heavy atom. The highest BCUT2D eigenvalue weighted by Crippen LogP contribution is 2.37. The number of hydrogen-bond donors (Lipinski definition) is 2. The molecule has 4 rings (SSSR count). The maximum Gasteiger partial charge on any atom is 0.331 e. The number of ether oxygens (including phenoxy) is 2. The van der Waals surface area contributed by atoms with E-state index in [1.807, 2.05) is 38.2 Å². The Balaban J connectivity index is 1.73. The molecule has 0 bridgehead atoms. The van der Waals surface area contributed by atoms with Crippen LogP contribution in [-0.2, 0) is 16.0 Å². The van der Waals surface area contributed by atoms with Crippen molar-refractivity contribution in [2.45, 2.75) is 32.4 Å². The summed E-state index contributed by atoms with van der Waals surface area (Å²) in [4.78, 5) is 30.4. The topological polar surface area (TPSA) is 91.9 Å². The predicted octanol–water partition coefficient (Wildman–Crippen LogP) is 4.44. The van der Waals surface area contributed by atoms with E-state index in [9.17, 15) is 14.7 Å². The number of aromatic nitrogens is 1. The van der Waals surface area contributed by atoms with Crippen LogP contribution in [0.15, 0.2) is 42.6 Å². The van der Waals surface area contributed by atoms with Crippen LogP contribution in [0.4, 0.5) is 0 Å². The third-order valence-corrected chi connectivity index (χ3v) is 6.03. The van der Waals surface area contributed by atoms with Gasteiger partial charge in [0.2, 0.25) is 0 Å². The summed E-state index contributed by atoms with van der Waals surface area (Å²) in [7, 11) is 1.61. The summed E-state index contributed by atoms with van der Waals surface area (Å²) in [6.07, 6.45) is 1.55. The predicted molar refractivity (Wildman–Crippen MR) is 121 cm³/mol. The highest BCUT2D eigenvalue weighted by Gasteiger charge is 2.42. The monoisotopic (exact) mass is 456 g/mol. The number of carboxylic acids is 1. The number of benzene rings is 2. The fourth-order valence-electron chi connectivity index (χ4n) is 4.15. The molecule has 1 aliphatic rings. The van der Waals surface area contributed by atoms with Crippen molar-refractivity contribution in [3.05, 3.63) is 58.7 Å². The summed E-state index contributed by atoms with van der Waals surface area (Å²) >= 11 is 6.17. The number of methoxy groups -OCH3 is 1. The molecule has 8 heteroatoms. The molecule has 0 radical (unpaired) electrons. The molecule has 1 aliphatic heterocycles. The molecule has 0 spiro atoms. The number of halogens is 1. The minimum absolute atomic E-state index is 0.140. The van der Waals surface area contributed by atoms with E-state index in [-0.39, 0.29) is 18.4 Å². The average molecular weight is 457 g/mol. The first-order valence-electron chi connectivity index (χ1n) is 10.4. The van der Waals surface area contributed by atoms with E-state index in [0.717, 1.165) is 22.2 Å². The maximum absolute atomic E-state index is 13.5. The van der Waals surface area contributed by atoms with Crippen LogP contribution in [-0.4, -0.2) is 46.6 Å². The summed E-state index contributed by atoms with van der Waals surface area (Å²) in [5, 5.41) is 11.5. The van der Waals surface area contributed by atoms with E-state index in [0.29, 0.717) is 22.8 Å². The van der Waals surface area contributed by atoms with E-state index in [4.69, 9.17) is 21.1 Å². The van der Waals surface area contributed by atoms with Gasteiger partial charge in [0.15, 0.2) is 12.1 Å². The van der Waals surface area contributed by atoms with Gasteiger partial charge in [-0.1, -0.05) is 25.4 Å². The van der Waals surface area contributed by atoms with E-state index in [1.165, 1.54) is 4.90 Å². The molecular weight excluding hydrogens is 432 g/mol. The Morgan fingerprint density at radius 1 is 1.28 bits per heavy atom. The summed E-state index contributed by atoms with van der Waals surface area (Å²) in [5.74, 6) is -0.524. The van der Waals surface area contributed by atoms with Gasteiger partial charge in [-0.25, -0.2) is 4.79 Å². The minimum atomic E-state index is -1.19. The van der Waals surface area contributed by atoms with Gasteiger partial charge in [0.1, 0.15) is 11.5 Å². The lowest BCUT2D eigenvalue weighted by Gasteiger charge is -2.29. The number of nitrogens with one attached hydrogen (secondary N) is 1. The number of rotatable bonds is 6. The zero-order chi connectivity index (χ0) is 23.0. The number of carbonyl (C=O) groups excluding carboxylic acids is 1. The van der Waals surface area contributed by atoms with Crippen LogP contribution < -0.4 is 9.47 Å². The average Bonchev–Trinajstić information content (AvgIpc) is 3.11. The van der Waals surface area contributed by atoms with Gasteiger partial charge in [-0.3, -0.25) is 4.79 Å². The lowest BCUT2D eigenvalue weighted by atomic mass is 10.0. The molecule has 2 heterocycles. The van der Waals surface area contributed by atoms with Crippen molar-refractivity contribution in [2.75, 3.05) is 13.7 Å². The van der Waals surface area contributed by atoms with E-state index in [1.54, 1.807) is 25.3 Å². The lowest BCUT2D eigenvalue weighted by molar-refractivity contribution is -0.153. The third kappa shape index (κ3) is 4.00. The Hall–Kier alpha value is -3.19. The number of carbonyl (C=O) groups is 2. The third-order valence-electron chi connectivity index (χ3n) is 5.79. The number of aromatic amines is 1. The summed E-state index contributed by atoms with van der Waals surface area (Å²) < 4.78 is 11.3. The van der Waals surface area contributed by atoms with Gasteiger partial charge in [0.05, 0.1) is 7.11 Å².